The van der Waals surface area contributed by atoms with Crippen LogP contribution in [0.15, 0.2) is 53.3 Å². The number of halogens is 1. The third-order valence-corrected chi connectivity index (χ3v) is 3.57. The van der Waals surface area contributed by atoms with Gasteiger partial charge in [-0.15, -0.1) is 0 Å². The Hall–Kier alpha value is -1.81. The average molecular weight is 316 g/mol. The van der Waals surface area contributed by atoms with Crippen LogP contribution in [0.4, 0.5) is 5.82 Å². The number of fused-ring (bicyclic) bond motifs is 1. The summed E-state index contributed by atoms with van der Waals surface area (Å²) in [5.74, 6) is 0.906. The summed E-state index contributed by atoms with van der Waals surface area (Å²) in [5.41, 5.74) is 2.53. The molecule has 0 aliphatic carbocycles. The Morgan fingerprint density at radius 1 is 1.16 bits per heavy atom. The van der Waals surface area contributed by atoms with Crippen molar-refractivity contribution in [1.29, 1.82) is 0 Å². The molecule has 4 heteroatoms. The quantitative estimate of drug-likeness (QED) is 0.764. The molecular weight excluding hydrogens is 302 g/mol. The molecule has 0 aliphatic heterocycles. The van der Waals surface area contributed by atoms with Crippen molar-refractivity contribution in [2.24, 2.45) is 0 Å². The van der Waals surface area contributed by atoms with Crippen LogP contribution in [0.1, 0.15) is 5.56 Å². The number of nitrogens with zero attached hydrogens (tertiary/aromatic N) is 1. The number of rotatable bonds is 4. The van der Waals surface area contributed by atoms with Crippen LogP contribution in [0, 0.1) is 0 Å². The van der Waals surface area contributed by atoms with E-state index in [2.05, 4.69) is 55.6 Å². The monoisotopic (exact) mass is 315 g/mol. The highest BCUT2D eigenvalue weighted by Gasteiger charge is 2.02. The largest absolute Gasteiger partial charge is 0.370 e. The van der Waals surface area contributed by atoms with E-state index < -0.39 is 0 Å². The van der Waals surface area contributed by atoms with Gasteiger partial charge in [-0.2, -0.15) is 0 Å². The summed E-state index contributed by atoms with van der Waals surface area (Å²) < 4.78 is 0.995. The van der Waals surface area contributed by atoms with Crippen molar-refractivity contribution in [3.8, 4) is 0 Å². The zero-order valence-electron chi connectivity index (χ0n) is 10.4. The van der Waals surface area contributed by atoms with Gasteiger partial charge in [0.15, 0.2) is 0 Å². The molecule has 0 atom stereocenters. The topological polar surface area (TPSA) is 40.7 Å². The van der Waals surface area contributed by atoms with Crippen LogP contribution >= 0.6 is 15.9 Å². The van der Waals surface area contributed by atoms with Crippen LogP contribution < -0.4 is 5.32 Å². The molecule has 2 heterocycles. The van der Waals surface area contributed by atoms with E-state index in [-0.39, 0.29) is 0 Å². The molecule has 3 nitrogen and oxygen atoms in total. The number of aromatic amines is 1. The molecule has 19 heavy (non-hydrogen) atoms. The fraction of sp³-hybridized carbons (Fsp3) is 0.133. The molecule has 2 aromatic heterocycles. The number of hydrogen-bond donors (Lipinski definition) is 2. The van der Waals surface area contributed by atoms with Crippen LogP contribution in [0.5, 0.6) is 0 Å². The number of aromatic nitrogens is 2. The van der Waals surface area contributed by atoms with Gasteiger partial charge in [-0.3, -0.25) is 0 Å². The van der Waals surface area contributed by atoms with Gasteiger partial charge in [-0.1, -0.05) is 18.2 Å². The van der Waals surface area contributed by atoms with Gasteiger partial charge in [0.05, 0.1) is 0 Å². The summed E-state index contributed by atoms with van der Waals surface area (Å²) in [6.45, 7) is 0.872. The average Bonchev–Trinajstić information content (AvgIpc) is 2.85. The van der Waals surface area contributed by atoms with Crippen molar-refractivity contribution in [1.82, 2.24) is 9.97 Å². The van der Waals surface area contributed by atoms with Crippen LogP contribution in [0.2, 0.25) is 0 Å². The predicted octanol–water partition coefficient (Wildman–Crippen LogP) is 3.98. The number of para-hydroxylation sites is 1. The molecular formula is C15H14BrN3. The first-order chi connectivity index (χ1) is 9.33. The van der Waals surface area contributed by atoms with E-state index in [1.165, 1.54) is 16.5 Å². The predicted molar refractivity (Wildman–Crippen MR) is 82.4 cm³/mol. The lowest BCUT2D eigenvalue weighted by Gasteiger charge is -2.04. The maximum Gasteiger partial charge on any atom is 0.125 e. The van der Waals surface area contributed by atoms with E-state index in [0.717, 1.165) is 23.3 Å². The highest BCUT2D eigenvalue weighted by atomic mass is 79.9. The van der Waals surface area contributed by atoms with E-state index in [9.17, 15) is 0 Å². The second-order valence-corrected chi connectivity index (χ2v) is 5.31. The molecule has 0 bridgehead atoms. The summed E-state index contributed by atoms with van der Waals surface area (Å²) in [4.78, 5) is 7.59. The molecule has 0 saturated carbocycles. The maximum absolute atomic E-state index is 4.29. The Morgan fingerprint density at radius 2 is 2.05 bits per heavy atom. The fourth-order valence-corrected chi connectivity index (χ4v) is 2.38. The van der Waals surface area contributed by atoms with Crippen molar-refractivity contribution < 1.29 is 0 Å². The van der Waals surface area contributed by atoms with E-state index in [1.54, 1.807) is 6.20 Å². The summed E-state index contributed by atoms with van der Waals surface area (Å²) >= 11 is 3.38. The van der Waals surface area contributed by atoms with Gasteiger partial charge in [0.25, 0.3) is 0 Å². The summed E-state index contributed by atoms with van der Waals surface area (Å²) in [5, 5.41) is 4.63. The zero-order chi connectivity index (χ0) is 13.1. The van der Waals surface area contributed by atoms with Gasteiger partial charge in [-0.05, 0) is 46.1 Å². The molecule has 3 aromatic rings. The van der Waals surface area contributed by atoms with E-state index in [1.807, 2.05) is 18.2 Å². The molecule has 3 rings (SSSR count). The second kappa shape index (κ2) is 5.45. The van der Waals surface area contributed by atoms with Gasteiger partial charge in [0.1, 0.15) is 5.82 Å². The first kappa shape index (κ1) is 12.2. The number of H-pyrrole nitrogens is 1. The third kappa shape index (κ3) is 2.79. The first-order valence-corrected chi connectivity index (χ1v) is 7.02. The lowest BCUT2D eigenvalue weighted by molar-refractivity contribution is 1.01. The second-order valence-electron chi connectivity index (χ2n) is 4.40. The van der Waals surface area contributed by atoms with Crippen LogP contribution in [0.3, 0.4) is 0 Å². The smallest absolute Gasteiger partial charge is 0.125 e. The lowest BCUT2D eigenvalue weighted by atomic mass is 10.1. The molecule has 0 radical (unpaired) electrons. The Balaban J connectivity index is 1.65. The minimum atomic E-state index is 0.872. The Morgan fingerprint density at radius 3 is 2.89 bits per heavy atom. The summed E-state index contributed by atoms with van der Waals surface area (Å²) in [6, 6.07) is 12.3. The normalized spacial score (nSPS) is 10.8. The van der Waals surface area contributed by atoms with Crippen molar-refractivity contribution >= 4 is 32.7 Å². The highest BCUT2D eigenvalue weighted by molar-refractivity contribution is 9.10. The third-order valence-electron chi connectivity index (χ3n) is 3.10. The molecule has 2 N–H and O–H groups in total. The molecule has 0 saturated heterocycles. The van der Waals surface area contributed by atoms with Crippen LogP contribution in [-0.4, -0.2) is 16.5 Å². The van der Waals surface area contributed by atoms with E-state index in [4.69, 9.17) is 0 Å². The van der Waals surface area contributed by atoms with Gasteiger partial charge >= 0.3 is 0 Å². The van der Waals surface area contributed by atoms with Gasteiger partial charge in [0, 0.05) is 34.3 Å². The lowest BCUT2D eigenvalue weighted by Crippen LogP contribution is -2.05. The van der Waals surface area contributed by atoms with Crippen molar-refractivity contribution in [3.63, 3.8) is 0 Å². The molecule has 0 amide bonds. The Kier molecular flexibility index (Phi) is 3.51. The Bertz CT molecular complexity index is 673. The van der Waals surface area contributed by atoms with E-state index >= 15 is 0 Å². The SMILES string of the molecule is Brc1ccc(NCCc2c[nH]c3ccccc23)nc1. The molecule has 0 unspecified atom stereocenters. The number of nitrogens with one attached hydrogen (secondary N) is 2. The highest BCUT2D eigenvalue weighted by Crippen LogP contribution is 2.18. The molecule has 0 spiro atoms. The number of benzene rings is 1. The zero-order valence-corrected chi connectivity index (χ0v) is 11.9. The molecule has 0 aliphatic rings. The van der Waals surface area contributed by atoms with Crippen molar-refractivity contribution in [3.05, 3.63) is 58.8 Å². The van der Waals surface area contributed by atoms with Crippen LogP contribution in [0.25, 0.3) is 10.9 Å². The molecule has 96 valence electrons. The fourth-order valence-electron chi connectivity index (χ4n) is 2.14. The van der Waals surface area contributed by atoms with Crippen LogP contribution in [-0.2, 0) is 6.42 Å². The first-order valence-electron chi connectivity index (χ1n) is 6.23. The number of anilines is 1. The van der Waals surface area contributed by atoms with Gasteiger partial charge in [0.2, 0.25) is 0 Å². The summed E-state index contributed by atoms with van der Waals surface area (Å²) in [6.07, 6.45) is 4.86. The minimum absolute atomic E-state index is 0.872. The molecule has 0 fully saturated rings. The van der Waals surface area contributed by atoms with Gasteiger partial charge in [-0.25, -0.2) is 4.98 Å². The van der Waals surface area contributed by atoms with E-state index in [0.29, 0.717) is 0 Å². The summed E-state index contributed by atoms with van der Waals surface area (Å²) in [7, 11) is 0. The van der Waals surface area contributed by atoms with Crippen molar-refractivity contribution in [2.45, 2.75) is 6.42 Å². The number of hydrogen-bond acceptors (Lipinski definition) is 2. The van der Waals surface area contributed by atoms with Gasteiger partial charge < -0.3 is 10.3 Å². The standard InChI is InChI=1S/C15H14BrN3/c16-12-5-6-15(19-10-12)17-8-7-11-9-18-14-4-2-1-3-13(11)14/h1-6,9-10,18H,7-8H2,(H,17,19). The molecule has 1 aromatic carbocycles. The van der Waals surface area contributed by atoms with Crippen molar-refractivity contribution in [2.75, 3.05) is 11.9 Å². The minimum Gasteiger partial charge on any atom is -0.370 e. The maximum atomic E-state index is 4.29. The number of pyridine rings is 1. The Labute approximate surface area is 120 Å².